The molecular formula is C15H16N4O2. The monoisotopic (exact) mass is 284 g/mol. The van der Waals surface area contributed by atoms with Crippen LogP contribution in [0.4, 0.5) is 11.5 Å². The molecule has 3 heterocycles. The predicted molar refractivity (Wildman–Crippen MR) is 79.0 cm³/mol. The van der Waals surface area contributed by atoms with Crippen molar-refractivity contribution in [2.75, 3.05) is 23.3 Å². The predicted octanol–water partition coefficient (Wildman–Crippen LogP) is 1.57. The standard InChI is InChI=1S/C15H16N4O2/c20-15(12-5-9-19(21)10-6-12)17-13-3-4-14(16-11-13)18-7-1-2-8-18/h3-6,9-11H,1-2,7-8H2,(H,17,20). The molecule has 1 aliphatic rings. The summed E-state index contributed by atoms with van der Waals surface area (Å²) in [6, 6.07) is 6.72. The molecule has 0 aromatic carbocycles. The van der Waals surface area contributed by atoms with E-state index in [1.54, 1.807) is 6.20 Å². The van der Waals surface area contributed by atoms with Crippen LogP contribution in [0.5, 0.6) is 0 Å². The molecule has 2 aromatic rings. The number of amides is 1. The zero-order valence-corrected chi connectivity index (χ0v) is 11.5. The molecule has 0 bridgehead atoms. The first-order valence-electron chi connectivity index (χ1n) is 6.93. The van der Waals surface area contributed by atoms with E-state index in [9.17, 15) is 10.0 Å². The Morgan fingerprint density at radius 3 is 2.52 bits per heavy atom. The van der Waals surface area contributed by atoms with Crippen molar-refractivity contribution in [1.82, 2.24) is 4.98 Å². The van der Waals surface area contributed by atoms with Gasteiger partial charge in [0.15, 0.2) is 12.4 Å². The second-order valence-electron chi connectivity index (χ2n) is 5.00. The van der Waals surface area contributed by atoms with Crippen LogP contribution in [-0.4, -0.2) is 24.0 Å². The molecule has 108 valence electrons. The van der Waals surface area contributed by atoms with Crippen molar-refractivity contribution in [1.29, 1.82) is 0 Å². The van der Waals surface area contributed by atoms with E-state index in [0.29, 0.717) is 16.0 Å². The Morgan fingerprint density at radius 2 is 1.90 bits per heavy atom. The van der Waals surface area contributed by atoms with Crippen LogP contribution in [-0.2, 0) is 0 Å². The number of carbonyl (C=O) groups excluding carboxylic acids is 1. The number of pyridine rings is 2. The minimum absolute atomic E-state index is 0.258. The van der Waals surface area contributed by atoms with E-state index < -0.39 is 0 Å². The third-order valence-electron chi connectivity index (χ3n) is 3.50. The second kappa shape index (κ2) is 5.78. The summed E-state index contributed by atoms with van der Waals surface area (Å²) < 4.78 is 0.642. The van der Waals surface area contributed by atoms with Gasteiger partial charge in [0.05, 0.1) is 17.4 Å². The first kappa shape index (κ1) is 13.4. The van der Waals surface area contributed by atoms with Crippen molar-refractivity contribution in [3.8, 4) is 0 Å². The molecule has 3 rings (SSSR count). The number of hydrogen-bond acceptors (Lipinski definition) is 4. The molecule has 0 saturated carbocycles. The van der Waals surface area contributed by atoms with Gasteiger partial charge in [0, 0.05) is 25.2 Å². The van der Waals surface area contributed by atoms with E-state index in [4.69, 9.17) is 0 Å². The summed E-state index contributed by atoms with van der Waals surface area (Å²) in [5.41, 5.74) is 1.08. The molecule has 0 unspecified atom stereocenters. The van der Waals surface area contributed by atoms with E-state index >= 15 is 0 Å². The highest BCUT2D eigenvalue weighted by atomic mass is 16.5. The third-order valence-corrected chi connectivity index (χ3v) is 3.50. The maximum Gasteiger partial charge on any atom is 0.256 e. The smallest absolute Gasteiger partial charge is 0.256 e. The average molecular weight is 284 g/mol. The highest BCUT2D eigenvalue weighted by Gasteiger charge is 2.13. The lowest BCUT2D eigenvalue weighted by atomic mass is 10.2. The lowest BCUT2D eigenvalue weighted by Crippen LogP contribution is -2.25. The molecule has 0 atom stereocenters. The van der Waals surface area contributed by atoms with Crippen LogP contribution in [0.3, 0.4) is 0 Å². The Morgan fingerprint density at radius 1 is 1.19 bits per heavy atom. The van der Waals surface area contributed by atoms with Crippen LogP contribution in [0.1, 0.15) is 23.2 Å². The molecule has 1 amide bonds. The quantitative estimate of drug-likeness (QED) is 0.686. The Balaban J connectivity index is 1.67. The number of nitrogens with one attached hydrogen (secondary N) is 1. The van der Waals surface area contributed by atoms with E-state index in [0.717, 1.165) is 18.9 Å². The second-order valence-corrected chi connectivity index (χ2v) is 5.00. The zero-order valence-electron chi connectivity index (χ0n) is 11.5. The van der Waals surface area contributed by atoms with Gasteiger partial charge in [-0.15, -0.1) is 0 Å². The molecule has 1 fully saturated rings. The zero-order chi connectivity index (χ0) is 14.7. The van der Waals surface area contributed by atoms with Crippen molar-refractivity contribution < 1.29 is 9.52 Å². The summed E-state index contributed by atoms with van der Waals surface area (Å²) in [6.45, 7) is 2.08. The van der Waals surface area contributed by atoms with Crippen LogP contribution in [0.25, 0.3) is 0 Å². The SMILES string of the molecule is O=C(Nc1ccc(N2CCCC2)nc1)c1cc[n+]([O-])cc1. The molecule has 1 saturated heterocycles. The van der Waals surface area contributed by atoms with Crippen molar-refractivity contribution in [3.63, 3.8) is 0 Å². The minimum Gasteiger partial charge on any atom is -0.619 e. The average Bonchev–Trinajstić information content (AvgIpc) is 3.03. The van der Waals surface area contributed by atoms with Gasteiger partial charge in [0.25, 0.3) is 5.91 Å². The van der Waals surface area contributed by atoms with E-state index in [1.807, 2.05) is 12.1 Å². The molecule has 21 heavy (non-hydrogen) atoms. The van der Waals surface area contributed by atoms with Crippen molar-refractivity contribution in [3.05, 3.63) is 53.6 Å². The summed E-state index contributed by atoms with van der Waals surface area (Å²) in [5, 5.41) is 13.7. The molecule has 1 N–H and O–H groups in total. The van der Waals surface area contributed by atoms with Crippen LogP contribution >= 0.6 is 0 Å². The van der Waals surface area contributed by atoms with Gasteiger partial charge in [-0.3, -0.25) is 4.79 Å². The number of carbonyl (C=O) groups is 1. The summed E-state index contributed by atoms with van der Waals surface area (Å²) in [7, 11) is 0. The van der Waals surface area contributed by atoms with Crippen molar-refractivity contribution in [2.24, 2.45) is 0 Å². The first-order valence-corrected chi connectivity index (χ1v) is 6.93. The van der Waals surface area contributed by atoms with Crippen molar-refractivity contribution >= 4 is 17.4 Å². The van der Waals surface area contributed by atoms with Gasteiger partial charge in [0.2, 0.25) is 0 Å². The van der Waals surface area contributed by atoms with Gasteiger partial charge in [-0.2, -0.15) is 4.73 Å². The lowest BCUT2D eigenvalue weighted by Gasteiger charge is -2.16. The fraction of sp³-hybridized carbons (Fsp3) is 0.267. The normalized spacial score (nSPS) is 14.2. The Kier molecular flexibility index (Phi) is 3.68. The summed E-state index contributed by atoms with van der Waals surface area (Å²) >= 11 is 0. The molecule has 0 spiro atoms. The number of nitrogens with zero attached hydrogens (tertiary/aromatic N) is 3. The number of hydrogen-bond donors (Lipinski definition) is 1. The third kappa shape index (κ3) is 3.10. The van der Waals surface area contributed by atoms with Crippen LogP contribution in [0.2, 0.25) is 0 Å². The first-order chi connectivity index (χ1) is 10.2. The maximum absolute atomic E-state index is 12.0. The Bertz CT molecular complexity index is 619. The molecule has 1 aliphatic heterocycles. The molecule has 2 aromatic heterocycles. The molecule has 6 nitrogen and oxygen atoms in total. The summed E-state index contributed by atoms with van der Waals surface area (Å²) in [5.74, 6) is 0.684. The van der Waals surface area contributed by atoms with E-state index in [1.165, 1.54) is 37.4 Å². The van der Waals surface area contributed by atoms with Gasteiger partial charge in [-0.1, -0.05) is 0 Å². The molecule has 0 radical (unpaired) electrons. The lowest BCUT2D eigenvalue weighted by molar-refractivity contribution is -0.605. The fourth-order valence-electron chi connectivity index (χ4n) is 2.36. The fourth-order valence-corrected chi connectivity index (χ4v) is 2.36. The highest BCUT2D eigenvalue weighted by Crippen LogP contribution is 2.19. The highest BCUT2D eigenvalue weighted by molar-refractivity contribution is 6.04. The Hall–Kier alpha value is -2.63. The van der Waals surface area contributed by atoms with E-state index in [2.05, 4.69) is 15.2 Å². The summed E-state index contributed by atoms with van der Waals surface area (Å²) in [6.07, 6.45) is 6.65. The van der Waals surface area contributed by atoms with Gasteiger partial charge in [0.1, 0.15) is 5.82 Å². The van der Waals surface area contributed by atoms with Crippen LogP contribution < -0.4 is 14.9 Å². The topological polar surface area (TPSA) is 72.2 Å². The van der Waals surface area contributed by atoms with Gasteiger partial charge in [-0.25, -0.2) is 4.98 Å². The Labute approximate surface area is 122 Å². The maximum atomic E-state index is 12.0. The molecule has 6 heteroatoms. The number of anilines is 2. The van der Waals surface area contributed by atoms with Gasteiger partial charge in [-0.05, 0) is 25.0 Å². The minimum atomic E-state index is -0.258. The summed E-state index contributed by atoms with van der Waals surface area (Å²) in [4.78, 5) is 18.6. The van der Waals surface area contributed by atoms with Crippen molar-refractivity contribution in [2.45, 2.75) is 12.8 Å². The molecule has 0 aliphatic carbocycles. The largest absolute Gasteiger partial charge is 0.619 e. The van der Waals surface area contributed by atoms with Crippen LogP contribution in [0.15, 0.2) is 42.9 Å². The van der Waals surface area contributed by atoms with Gasteiger partial charge < -0.3 is 15.4 Å². The number of aromatic nitrogens is 2. The molecular weight excluding hydrogens is 268 g/mol. The van der Waals surface area contributed by atoms with E-state index in [-0.39, 0.29) is 5.91 Å². The van der Waals surface area contributed by atoms with Gasteiger partial charge >= 0.3 is 0 Å². The number of rotatable bonds is 3. The van der Waals surface area contributed by atoms with Crippen LogP contribution in [0, 0.1) is 5.21 Å².